The Kier molecular flexibility index (Phi) is 4.30. The molecule has 2 aromatic carbocycles. The summed E-state index contributed by atoms with van der Waals surface area (Å²) in [5, 5.41) is 12.2. The molecule has 2 aromatic heterocycles. The third-order valence-corrected chi connectivity index (χ3v) is 4.70. The second-order valence-electron chi connectivity index (χ2n) is 6.31. The van der Waals surface area contributed by atoms with Crippen molar-refractivity contribution in [2.45, 2.75) is 6.92 Å². The van der Waals surface area contributed by atoms with Crippen molar-refractivity contribution >= 4 is 23.0 Å². The van der Waals surface area contributed by atoms with Gasteiger partial charge in [0.05, 0.1) is 11.9 Å². The number of carbonyl (C=O) groups is 1. The molecule has 0 bridgehead atoms. The van der Waals surface area contributed by atoms with E-state index >= 15 is 0 Å². The van der Waals surface area contributed by atoms with Gasteiger partial charge in [0.2, 0.25) is 0 Å². The lowest BCUT2D eigenvalue weighted by Gasteiger charge is -1.98. The van der Waals surface area contributed by atoms with Crippen molar-refractivity contribution in [1.29, 1.82) is 0 Å². The zero-order valence-electron chi connectivity index (χ0n) is 15.1. The van der Waals surface area contributed by atoms with Crippen LogP contribution in [0.15, 0.2) is 65.8 Å². The molecule has 0 aliphatic rings. The molecule has 0 unspecified atom stereocenters. The largest absolute Gasteiger partial charge is 0.347 e. The Balaban J connectivity index is 1.52. The van der Waals surface area contributed by atoms with E-state index in [1.165, 1.54) is 0 Å². The van der Waals surface area contributed by atoms with Crippen molar-refractivity contribution in [1.82, 2.24) is 20.2 Å². The molecule has 134 valence electrons. The molecule has 4 rings (SSSR count). The second-order valence-corrected chi connectivity index (χ2v) is 6.31. The zero-order chi connectivity index (χ0) is 18.8. The van der Waals surface area contributed by atoms with Gasteiger partial charge in [0, 0.05) is 34.8 Å². The van der Waals surface area contributed by atoms with Crippen LogP contribution in [0.3, 0.4) is 0 Å². The van der Waals surface area contributed by atoms with E-state index in [4.69, 9.17) is 0 Å². The van der Waals surface area contributed by atoms with Gasteiger partial charge in [-0.3, -0.25) is 9.89 Å². The molecule has 1 amide bonds. The van der Waals surface area contributed by atoms with Gasteiger partial charge in [0.25, 0.3) is 5.91 Å². The van der Waals surface area contributed by atoms with Gasteiger partial charge in [-0.25, -0.2) is 5.43 Å². The first-order chi connectivity index (χ1) is 13.1. The molecule has 6 heteroatoms. The number of H-pyrrole nitrogens is 1. The Morgan fingerprint density at radius 2 is 1.89 bits per heavy atom. The highest BCUT2D eigenvalue weighted by Gasteiger charge is 2.11. The summed E-state index contributed by atoms with van der Waals surface area (Å²) in [7, 11) is 2.02. The van der Waals surface area contributed by atoms with Gasteiger partial charge in [-0.1, -0.05) is 48.5 Å². The normalized spacial score (nSPS) is 11.3. The number of nitrogens with zero attached hydrogens (tertiary/aromatic N) is 3. The van der Waals surface area contributed by atoms with Gasteiger partial charge in [0.1, 0.15) is 5.69 Å². The summed E-state index contributed by atoms with van der Waals surface area (Å²) < 4.78 is 2.11. The highest BCUT2D eigenvalue weighted by atomic mass is 16.2. The molecule has 6 nitrogen and oxygen atoms in total. The first-order valence-corrected chi connectivity index (χ1v) is 8.63. The van der Waals surface area contributed by atoms with Crippen molar-refractivity contribution in [3.05, 3.63) is 77.6 Å². The van der Waals surface area contributed by atoms with Crippen LogP contribution in [0.5, 0.6) is 0 Å². The van der Waals surface area contributed by atoms with Crippen LogP contribution in [0.25, 0.3) is 22.2 Å². The number of nitrogens with one attached hydrogen (secondary N) is 2. The molecule has 0 saturated heterocycles. The molecule has 0 spiro atoms. The number of hydrogen-bond acceptors (Lipinski definition) is 3. The van der Waals surface area contributed by atoms with E-state index in [0.29, 0.717) is 5.69 Å². The van der Waals surface area contributed by atoms with Crippen LogP contribution in [0.2, 0.25) is 0 Å². The number of benzene rings is 2. The van der Waals surface area contributed by atoms with Crippen molar-refractivity contribution in [3.63, 3.8) is 0 Å². The van der Waals surface area contributed by atoms with Crippen LogP contribution in [0.4, 0.5) is 0 Å². The number of para-hydroxylation sites is 1. The van der Waals surface area contributed by atoms with Crippen molar-refractivity contribution in [3.8, 4) is 11.3 Å². The molecule has 2 heterocycles. The number of amides is 1. The van der Waals surface area contributed by atoms with Crippen molar-refractivity contribution < 1.29 is 4.79 Å². The van der Waals surface area contributed by atoms with E-state index in [1.54, 1.807) is 12.3 Å². The molecule has 0 aliphatic carbocycles. The van der Waals surface area contributed by atoms with Crippen LogP contribution >= 0.6 is 0 Å². The fourth-order valence-corrected chi connectivity index (χ4v) is 3.12. The van der Waals surface area contributed by atoms with Gasteiger partial charge in [0.15, 0.2) is 0 Å². The SMILES string of the molecule is Cc1c(/C=N/NC(=O)c2cc(-c3ccccc3)n[nH]2)c2ccccc2n1C. The molecule has 0 aliphatic heterocycles. The Morgan fingerprint density at radius 1 is 1.15 bits per heavy atom. The minimum absolute atomic E-state index is 0.334. The van der Waals surface area contributed by atoms with Crippen LogP contribution < -0.4 is 5.43 Å². The predicted octanol–water partition coefficient (Wildman–Crippen LogP) is 3.64. The molecule has 2 N–H and O–H groups in total. The minimum Gasteiger partial charge on any atom is -0.347 e. The van der Waals surface area contributed by atoms with E-state index in [9.17, 15) is 4.79 Å². The Morgan fingerprint density at radius 3 is 2.70 bits per heavy atom. The molecular formula is C21H19N5O. The quantitative estimate of drug-likeness (QED) is 0.432. The van der Waals surface area contributed by atoms with E-state index in [1.807, 2.05) is 62.5 Å². The maximum Gasteiger partial charge on any atom is 0.289 e. The number of aromatic nitrogens is 3. The van der Waals surface area contributed by atoms with Crippen molar-refractivity contribution in [2.24, 2.45) is 12.1 Å². The average Bonchev–Trinajstić information content (AvgIpc) is 3.29. The number of carbonyl (C=O) groups excluding carboxylic acids is 1. The molecule has 0 fully saturated rings. The van der Waals surface area contributed by atoms with Crippen LogP contribution in [-0.2, 0) is 7.05 Å². The Labute approximate surface area is 156 Å². The number of hydrazone groups is 1. The van der Waals surface area contributed by atoms with E-state index in [0.717, 1.165) is 33.4 Å². The van der Waals surface area contributed by atoms with Crippen LogP contribution in [0, 0.1) is 6.92 Å². The number of aryl methyl sites for hydroxylation is 1. The van der Waals surface area contributed by atoms with E-state index in [-0.39, 0.29) is 5.91 Å². The molecule has 0 atom stereocenters. The predicted molar refractivity (Wildman–Crippen MR) is 107 cm³/mol. The van der Waals surface area contributed by atoms with Gasteiger partial charge in [-0.2, -0.15) is 10.2 Å². The molecule has 0 radical (unpaired) electrons. The summed E-state index contributed by atoms with van der Waals surface area (Å²) in [6.07, 6.45) is 1.68. The molecule has 27 heavy (non-hydrogen) atoms. The van der Waals surface area contributed by atoms with Crippen molar-refractivity contribution in [2.75, 3.05) is 0 Å². The zero-order valence-corrected chi connectivity index (χ0v) is 15.1. The Bertz CT molecular complexity index is 1140. The lowest BCUT2D eigenvalue weighted by atomic mass is 10.1. The van der Waals surface area contributed by atoms with E-state index < -0.39 is 0 Å². The highest BCUT2D eigenvalue weighted by molar-refractivity contribution is 6.01. The molecule has 0 saturated carbocycles. The number of aromatic amines is 1. The summed E-state index contributed by atoms with van der Waals surface area (Å²) in [5.74, 6) is -0.334. The smallest absolute Gasteiger partial charge is 0.289 e. The number of fused-ring (bicyclic) bond motifs is 1. The summed E-state index contributed by atoms with van der Waals surface area (Å²) in [6, 6.07) is 19.5. The number of rotatable bonds is 4. The standard InChI is InChI=1S/C21H19N5O/c1-14-17(16-10-6-7-11-20(16)26(14)2)13-22-25-21(27)19-12-18(23-24-19)15-8-4-3-5-9-15/h3-13H,1-2H3,(H,23,24)(H,25,27)/b22-13+. The molecule has 4 aromatic rings. The third-order valence-electron chi connectivity index (χ3n) is 4.70. The lowest BCUT2D eigenvalue weighted by molar-refractivity contribution is 0.0950. The first kappa shape index (κ1) is 16.8. The first-order valence-electron chi connectivity index (χ1n) is 8.63. The summed E-state index contributed by atoms with van der Waals surface area (Å²) in [5.41, 5.74) is 7.79. The summed E-state index contributed by atoms with van der Waals surface area (Å²) >= 11 is 0. The average molecular weight is 357 g/mol. The minimum atomic E-state index is -0.334. The third kappa shape index (κ3) is 3.13. The maximum absolute atomic E-state index is 12.3. The summed E-state index contributed by atoms with van der Waals surface area (Å²) in [4.78, 5) is 12.3. The maximum atomic E-state index is 12.3. The topological polar surface area (TPSA) is 75.1 Å². The van der Waals surface area contributed by atoms with Gasteiger partial charge < -0.3 is 4.57 Å². The fraction of sp³-hybridized carbons (Fsp3) is 0.0952. The second kappa shape index (κ2) is 6.92. The highest BCUT2D eigenvalue weighted by Crippen LogP contribution is 2.23. The van der Waals surface area contributed by atoms with Gasteiger partial charge in [-0.15, -0.1) is 0 Å². The van der Waals surface area contributed by atoms with E-state index in [2.05, 4.69) is 31.4 Å². The van der Waals surface area contributed by atoms with Crippen LogP contribution in [0.1, 0.15) is 21.7 Å². The Hall–Kier alpha value is -3.67. The number of hydrogen-bond donors (Lipinski definition) is 2. The fourth-order valence-electron chi connectivity index (χ4n) is 3.12. The van der Waals surface area contributed by atoms with Gasteiger partial charge >= 0.3 is 0 Å². The molecular weight excluding hydrogens is 338 g/mol. The van der Waals surface area contributed by atoms with Gasteiger partial charge in [-0.05, 0) is 19.1 Å². The monoisotopic (exact) mass is 357 g/mol. The summed E-state index contributed by atoms with van der Waals surface area (Å²) in [6.45, 7) is 2.03. The van der Waals surface area contributed by atoms with Crippen LogP contribution in [-0.4, -0.2) is 26.9 Å². The lowest BCUT2D eigenvalue weighted by Crippen LogP contribution is -2.18.